The van der Waals surface area contributed by atoms with E-state index in [-0.39, 0.29) is 36.5 Å². The molecule has 1 spiro atoms. The fourth-order valence-corrected chi connectivity index (χ4v) is 18.0. The van der Waals surface area contributed by atoms with E-state index in [1.165, 1.54) is 67.7 Å². The van der Waals surface area contributed by atoms with Crippen LogP contribution in [0.3, 0.4) is 0 Å². The highest BCUT2D eigenvalue weighted by molar-refractivity contribution is 9.10. The number of aliphatic hydroxyl groups excluding tert-OH is 2. The standard InChI is InChI=1S/C31H30N6O6S5/c1-33-25(42)30(15-38)34(2)23(40)28(33,44-45-30)12-17-13-36(21-11-7-4-8-18(17)21)27-14-29-24(41)35(3)31(16-39,47-48-46-29)26(43)37(29)22(27)32-20-10-6-5-9-19(20)27/h4-11,13,22,32,38-39H,12,14-16H2,1-3H3/t22-,27+,28-,29+,30-,31?/m1/s1. The van der Waals surface area contributed by atoms with Crippen molar-refractivity contribution in [2.75, 3.05) is 39.7 Å². The molecular weight excluding hydrogens is 713 g/mol. The van der Waals surface area contributed by atoms with E-state index in [4.69, 9.17) is 0 Å². The number of likely N-dealkylation sites (N-methyl/N-ethyl adjacent to an activating group) is 3. The van der Waals surface area contributed by atoms with Gasteiger partial charge in [-0.2, -0.15) is 0 Å². The van der Waals surface area contributed by atoms with E-state index >= 15 is 0 Å². The number of hydrogen-bond acceptors (Lipinski definition) is 12. The lowest BCUT2D eigenvalue weighted by molar-refractivity contribution is -0.165. The van der Waals surface area contributed by atoms with E-state index in [9.17, 15) is 29.4 Å². The third-order valence-electron chi connectivity index (χ3n) is 11.1. The van der Waals surface area contributed by atoms with Crippen LogP contribution in [0.15, 0.2) is 54.7 Å². The van der Waals surface area contributed by atoms with Crippen LogP contribution in [-0.4, -0.2) is 118 Å². The van der Waals surface area contributed by atoms with Gasteiger partial charge in [-0.1, -0.05) is 47.2 Å². The van der Waals surface area contributed by atoms with Crippen molar-refractivity contribution in [3.05, 3.63) is 65.9 Å². The number of nitrogens with one attached hydrogen (secondary N) is 1. The highest BCUT2D eigenvalue weighted by atomic mass is 33.5. The predicted octanol–water partition coefficient (Wildman–Crippen LogP) is 2.52. The topological polar surface area (TPSA) is 139 Å². The number of benzene rings is 2. The summed E-state index contributed by atoms with van der Waals surface area (Å²) < 4.78 is 2.16. The second kappa shape index (κ2) is 9.98. The highest BCUT2D eigenvalue weighted by Crippen LogP contribution is 2.69. The van der Waals surface area contributed by atoms with Crippen molar-refractivity contribution in [1.82, 2.24) is 24.2 Å². The predicted molar refractivity (Wildman–Crippen MR) is 189 cm³/mol. The lowest BCUT2D eigenvalue weighted by Gasteiger charge is -2.58. The number of anilines is 1. The number of hydrogen-bond donors (Lipinski definition) is 3. The Morgan fingerprint density at radius 2 is 1.40 bits per heavy atom. The first-order chi connectivity index (χ1) is 23.0. The summed E-state index contributed by atoms with van der Waals surface area (Å²) in [6, 6.07) is 15.8. The number of nitrogens with zero attached hydrogens (tertiary/aromatic N) is 5. The molecule has 48 heavy (non-hydrogen) atoms. The van der Waals surface area contributed by atoms with E-state index in [0.29, 0.717) is 0 Å². The zero-order chi connectivity index (χ0) is 33.6. The number of carbonyl (C=O) groups is 4. The van der Waals surface area contributed by atoms with Gasteiger partial charge in [0.15, 0.2) is 9.74 Å². The molecule has 3 N–H and O–H groups in total. The number of fused-ring (bicyclic) bond motifs is 10. The summed E-state index contributed by atoms with van der Waals surface area (Å²) in [5.41, 5.74) is 2.52. The molecule has 0 radical (unpaired) electrons. The Kier molecular flexibility index (Phi) is 6.51. The maximum atomic E-state index is 14.6. The lowest BCUT2D eigenvalue weighted by Crippen LogP contribution is -2.77. The molecule has 8 aliphatic rings. The van der Waals surface area contributed by atoms with Crippen molar-refractivity contribution < 1.29 is 29.4 Å². The first-order valence-electron chi connectivity index (χ1n) is 15.3. The summed E-state index contributed by atoms with van der Waals surface area (Å²) in [5.74, 6) is -1.14. The largest absolute Gasteiger partial charge is 0.392 e. The van der Waals surface area contributed by atoms with Crippen LogP contribution in [-0.2, 0) is 31.1 Å². The van der Waals surface area contributed by atoms with Crippen LogP contribution in [0.4, 0.5) is 5.69 Å². The molecular formula is C31H30N6O6S5. The molecule has 2 aromatic carbocycles. The van der Waals surface area contributed by atoms with Gasteiger partial charge in [0.05, 0.1) is 13.2 Å². The SMILES string of the molecule is CN1C(=O)[C@@]23C[C@]4(n5cc(C[C@]67SS[C@](CO)(C(=O)N6C)N(C)C7=O)c6ccccc65)c5ccccc5N[C@@H]4N2C(=O)C1(CO)SSS3. The number of aliphatic hydroxyl groups is 2. The van der Waals surface area contributed by atoms with Gasteiger partial charge in [-0.3, -0.25) is 24.1 Å². The molecule has 7 saturated heterocycles. The second-order valence-corrected chi connectivity index (χ2v) is 20.2. The molecule has 11 rings (SSSR count). The maximum absolute atomic E-state index is 14.6. The summed E-state index contributed by atoms with van der Waals surface area (Å²) in [4.78, 5) is 57.5. The molecule has 9 heterocycles. The fourth-order valence-electron chi connectivity index (χ4n) is 8.48. The molecule has 8 aliphatic heterocycles. The van der Waals surface area contributed by atoms with E-state index in [0.717, 1.165) is 27.7 Å². The van der Waals surface area contributed by atoms with Crippen molar-refractivity contribution in [1.29, 1.82) is 0 Å². The summed E-state index contributed by atoms with van der Waals surface area (Å²) in [5, 5.41) is 25.4. The average Bonchev–Trinajstić information content (AvgIpc) is 3.67. The van der Waals surface area contributed by atoms with E-state index in [1.807, 2.05) is 54.7 Å². The molecule has 17 heteroatoms. The van der Waals surface area contributed by atoms with Crippen LogP contribution in [0.1, 0.15) is 17.5 Å². The molecule has 7 fully saturated rings. The molecule has 0 saturated carbocycles. The monoisotopic (exact) mass is 742 g/mol. The molecule has 1 aromatic heterocycles. The zero-order valence-electron chi connectivity index (χ0n) is 25.9. The molecule has 250 valence electrons. The van der Waals surface area contributed by atoms with Crippen LogP contribution in [0.2, 0.25) is 0 Å². The van der Waals surface area contributed by atoms with Crippen LogP contribution in [0.25, 0.3) is 10.9 Å². The van der Waals surface area contributed by atoms with Gasteiger partial charge in [0, 0.05) is 62.3 Å². The molecule has 1 unspecified atom stereocenters. The smallest absolute Gasteiger partial charge is 0.265 e. The summed E-state index contributed by atoms with van der Waals surface area (Å²) in [6.07, 6.45) is 1.82. The fraction of sp³-hybridized carbons (Fsp3) is 0.419. The average molecular weight is 743 g/mol. The Bertz CT molecular complexity index is 2000. The minimum absolute atomic E-state index is 0.200. The molecule has 12 nitrogen and oxygen atoms in total. The number of rotatable bonds is 5. The Labute approximate surface area is 294 Å². The molecule has 6 atom stereocenters. The number of aromatic nitrogens is 1. The van der Waals surface area contributed by atoms with E-state index in [2.05, 4.69) is 9.88 Å². The maximum Gasteiger partial charge on any atom is 0.265 e. The molecule has 4 amide bonds. The Morgan fingerprint density at radius 3 is 2.17 bits per heavy atom. The van der Waals surface area contributed by atoms with Crippen LogP contribution in [0, 0.1) is 0 Å². The summed E-state index contributed by atoms with van der Waals surface area (Å²) in [6.45, 7) is -1.01. The summed E-state index contributed by atoms with van der Waals surface area (Å²) in [7, 11) is 11.2. The lowest BCUT2D eigenvalue weighted by atomic mass is 9.86. The van der Waals surface area contributed by atoms with Crippen molar-refractivity contribution in [2.45, 2.75) is 44.0 Å². The third-order valence-corrected chi connectivity index (χ3v) is 19.9. The van der Waals surface area contributed by atoms with Crippen molar-refractivity contribution >= 4 is 93.2 Å². The quantitative estimate of drug-likeness (QED) is 0.332. The Balaban J connectivity index is 1.25. The van der Waals surface area contributed by atoms with Crippen LogP contribution < -0.4 is 5.32 Å². The highest BCUT2D eigenvalue weighted by Gasteiger charge is 2.77. The normalized spacial score (nSPS) is 36.6. The van der Waals surface area contributed by atoms with Gasteiger partial charge in [0.25, 0.3) is 23.6 Å². The Morgan fingerprint density at radius 1 is 0.771 bits per heavy atom. The number of piperazine rings is 2. The van der Waals surface area contributed by atoms with Crippen LogP contribution >= 0.6 is 53.0 Å². The minimum atomic E-state index is -1.46. The molecule has 4 bridgehead atoms. The number of carbonyl (C=O) groups excluding carboxylic acids is 4. The van der Waals surface area contributed by atoms with E-state index < -0.39 is 44.4 Å². The van der Waals surface area contributed by atoms with Crippen molar-refractivity contribution in [2.24, 2.45) is 0 Å². The Hall–Kier alpha value is -2.67. The van der Waals surface area contributed by atoms with Gasteiger partial charge in [0.2, 0.25) is 9.74 Å². The van der Waals surface area contributed by atoms with Crippen LogP contribution in [0.5, 0.6) is 0 Å². The zero-order valence-corrected chi connectivity index (χ0v) is 30.0. The van der Waals surface area contributed by atoms with Gasteiger partial charge in [-0.05, 0) is 59.9 Å². The van der Waals surface area contributed by atoms with Gasteiger partial charge < -0.3 is 34.8 Å². The number of para-hydroxylation sites is 2. The molecule has 0 aliphatic carbocycles. The van der Waals surface area contributed by atoms with Gasteiger partial charge in [0.1, 0.15) is 11.7 Å². The van der Waals surface area contributed by atoms with E-state index in [1.54, 1.807) is 26.0 Å². The first kappa shape index (κ1) is 31.3. The third kappa shape index (κ3) is 3.30. The number of amides is 4. The minimum Gasteiger partial charge on any atom is -0.392 e. The van der Waals surface area contributed by atoms with Crippen molar-refractivity contribution in [3.8, 4) is 0 Å². The van der Waals surface area contributed by atoms with Gasteiger partial charge >= 0.3 is 0 Å². The molecule has 3 aromatic rings. The summed E-state index contributed by atoms with van der Waals surface area (Å²) >= 11 is 0. The van der Waals surface area contributed by atoms with Crippen molar-refractivity contribution in [3.63, 3.8) is 0 Å². The first-order valence-corrected chi connectivity index (χ1v) is 20.9. The second-order valence-electron chi connectivity index (χ2n) is 13.0. The van der Waals surface area contributed by atoms with Gasteiger partial charge in [-0.25, -0.2) is 0 Å². The van der Waals surface area contributed by atoms with Gasteiger partial charge in [-0.15, -0.1) is 0 Å².